The number of hydrogen-bond acceptors (Lipinski definition) is 4. The number of fused-ring (bicyclic) bond motifs is 1. The van der Waals surface area contributed by atoms with E-state index in [9.17, 15) is 0 Å². The van der Waals surface area contributed by atoms with Crippen LogP contribution in [0.5, 0.6) is 0 Å². The molecule has 3 N–H and O–H groups in total. The van der Waals surface area contributed by atoms with E-state index in [-0.39, 0.29) is 0 Å². The van der Waals surface area contributed by atoms with Gasteiger partial charge in [0.1, 0.15) is 0 Å². The fourth-order valence-electron chi connectivity index (χ4n) is 2.30. The van der Waals surface area contributed by atoms with E-state index in [0.717, 1.165) is 48.6 Å². The summed E-state index contributed by atoms with van der Waals surface area (Å²) in [5.41, 5.74) is 4.50. The molecule has 3 rings (SSSR count). The van der Waals surface area contributed by atoms with Gasteiger partial charge in [-0.2, -0.15) is 0 Å². The molecular weight excluding hydrogens is 226 g/mol. The van der Waals surface area contributed by atoms with Gasteiger partial charge in [0.25, 0.3) is 0 Å². The first kappa shape index (κ1) is 11.1. The van der Waals surface area contributed by atoms with Crippen LogP contribution < -0.4 is 10.6 Å². The molecule has 0 spiro atoms. The van der Waals surface area contributed by atoms with Crippen LogP contribution >= 0.6 is 0 Å². The van der Waals surface area contributed by atoms with Gasteiger partial charge in [0.15, 0.2) is 5.96 Å². The predicted octanol–water partition coefficient (Wildman–Crippen LogP) is 1.89. The number of aryl methyl sites for hydroxylation is 1. The highest BCUT2D eigenvalue weighted by Gasteiger charge is 2.12. The monoisotopic (exact) mass is 243 g/mol. The molecule has 5 heteroatoms. The SMILES string of the molecule is CCCc1c(NC2=NCCN2)ccc2[nH]cnc12. The van der Waals surface area contributed by atoms with Gasteiger partial charge in [0.2, 0.25) is 0 Å². The van der Waals surface area contributed by atoms with Crippen molar-refractivity contribution in [2.45, 2.75) is 19.8 Å². The molecule has 2 aromatic rings. The Morgan fingerprint density at radius 1 is 1.39 bits per heavy atom. The van der Waals surface area contributed by atoms with Crippen molar-refractivity contribution in [2.75, 3.05) is 18.4 Å². The number of benzene rings is 1. The molecule has 0 amide bonds. The molecule has 1 aliphatic heterocycles. The van der Waals surface area contributed by atoms with Crippen LogP contribution in [0.4, 0.5) is 5.69 Å². The molecule has 18 heavy (non-hydrogen) atoms. The summed E-state index contributed by atoms with van der Waals surface area (Å²) in [4.78, 5) is 11.9. The highest BCUT2D eigenvalue weighted by Crippen LogP contribution is 2.25. The molecule has 0 unspecified atom stereocenters. The van der Waals surface area contributed by atoms with Crippen LogP contribution in [-0.2, 0) is 6.42 Å². The number of rotatable bonds is 3. The van der Waals surface area contributed by atoms with Crippen molar-refractivity contribution in [3.63, 3.8) is 0 Å². The van der Waals surface area contributed by atoms with Crippen LogP contribution in [0.3, 0.4) is 0 Å². The summed E-state index contributed by atoms with van der Waals surface area (Å²) in [7, 11) is 0. The van der Waals surface area contributed by atoms with Gasteiger partial charge in [0, 0.05) is 17.8 Å². The minimum Gasteiger partial charge on any atom is -0.354 e. The van der Waals surface area contributed by atoms with Crippen molar-refractivity contribution in [1.82, 2.24) is 15.3 Å². The lowest BCUT2D eigenvalue weighted by atomic mass is 10.1. The Balaban J connectivity index is 2.00. The number of aliphatic imine (C=N–C) groups is 1. The van der Waals surface area contributed by atoms with Crippen molar-refractivity contribution in [2.24, 2.45) is 4.99 Å². The van der Waals surface area contributed by atoms with E-state index < -0.39 is 0 Å². The molecule has 2 heterocycles. The van der Waals surface area contributed by atoms with Crippen molar-refractivity contribution < 1.29 is 0 Å². The summed E-state index contributed by atoms with van der Waals surface area (Å²) in [6, 6.07) is 4.15. The highest BCUT2D eigenvalue weighted by molar-refractivity contribution is 5.97. The zero-order valence-electron chi connectivity index (χ0n) is 10.5. The van der Waals surface area contributed by atoms with Crippen molar-refractivity contribution >= 4 is 22.7 Å². The fraction of sp³-hybridized carbons (Fsp3) is 0.385. The number of aromatic amines is 1. The Morgan fingerprint density at radius 3 is 3.11 bits per heavy atom. The minimum absolute atomic E-state index is 0.843. The standard InChI is InChI=1S/C13H17N5/c1-2-3-9-10(18-13-14-6-7-15-13)4-5-11-12(9)17-8-16-11/h4-5,8H,2-3,6-7H2,1H3,(H,16,17)(H2,14,15,18). The molecule has 1 aliphatic rings. The number of hydrogen-bond donors (Lipinski definition) is 3. The molecule has 0 saturated heterocycles. The van der Waals surface area contributed by atoms with Crippen molar-refractivity contribution in [3.05, 3.63) is 24.0 Å². The van der Waals surface area contributed by atoms with Crippen LogP contribution in [0.15, 0.2) is 23.5 Å². The smallest absolute Gasteiger partial charge is 0.195 e. The third-order valence-electron chi connectivity index (χ3n) is 3.12. The van der Waals surface area contributed by atoms with Crippen LogP contribution in [0.2, 0.25) is 0 Å². The van der Waals surface area contributed by atoms with Crippen LogP contribution in [0.25, 0.3) is 11.0 Å². The second-order valence-corrected chi connectivity index (χ2v) is 4.42. The third kappa shape index (κ3) is 1.92. The summed E-state index contributed by atoms with van der Waals surface area (Å²) < 4.78 is 0. The lowest BCUT2D eigenvalue weighted by Gasteiger charge is -2.12. The van der Waals surface area contributed by atoms with Gasteiger partial charge in [-0.15, -0.1) is 0 Å². The summed E-state index contributed by atoms with van der Waals surface area (Å²) in [6.07, 6.45) is 3.86. The first-order valence-electron chi connectivity index (χ1n) is 6.39. The van der Waals surface area contributed by atoms with Crippen molar-refractivity contribution in [3.8, 4) is 0 Å². The number of nitrogens with zero attached hydrogens (tertiary/aromatic N) is 2. The summed E-state index contributed by atoms with van der Waals surface area (Å²) in [5, 5.41) is 6.59. The number of nitrogens with one attached hydrogen (secondary N) is 3. The molecule has 1 aromatic carbocycles. The quantitative estimate of drug-likeness (QED) is 0.771. The van der Waals surface area contributed by atoms with Gasteiger partial charge < -0.3 is 15.6 Å². The number of guanidine groups is 1. The van der Waals surface area contributed by atoms with E-state index >= 15 is 0 Å². The second kappa shape index (κ2) is 4.68. The molecule has 0 radical (unpaired) electrons. The predicted molar refractivity (Wildman–Crippen MR) is 74.0 cm³/mol. The van der Waals surface area contributed by atoms with E-state index in [0.29, 0.717) is 0 Å². The molecule has 0 saturated carbocycles. The van der Waals surface area contributed by atoms with Crippen molar-refractivity contribution in [1.29, 1.82) is 0 Å². The van der Waals surface area contributed by atoms with E-state index in [1.807, 2.05) is 0 Å². The first-order valence-corrected chi connectivity index (χ1v) is 6.39. The fourth-order valence-corrected chi connectivity index (χ4v) is 2.30. The number of aromatic nitrogens is 2. The van der Waals surface area contributed by atoms with Gasteiger partial charge >= 0.3 is 0 Å². The van der Waals surface area contributed by atoms with E-state index in [2.05, 4.69) is 44.7 Å². The molecule has 1 aromatic heterocycles. The average Bonchev–Trinajstić information content (AvgIpc) is 3.03. The largest absolute Gasteiger partial charge is 0.354 e. The van der Waals surface area contributed by atoms with Gasteiger partial charge in [-0.05, 0) is 18.6 Å². The second-order valence-electron chi connectivity index (χ2n) is 4.42. The molecule has 94 valence electrons. The molecule has 0 aliphatic carbocycles. The summed E-state index contributed by atoms with van der Waals surface area (Å²) in [5.74, 6) is 0.863. The number of imidazole rings is 1. The van der Waals surface area contributed by atoms with E-state index in [1.165, 1.54) is 5.56 Å². The van der Waals surface area contributed by atoms with Crippen LogP contribution in [-0.4, -0.2) is 29.0 Å². The van der Waals surface area contributed by atoms with Gasteiger partial charge in [0.05, 0.1) is 23.9 Å². The molecule has 0 bridgehead atoms. The first-order chi connectivity index (χ1) is 8.88. The molecule has 5 nitrogen and oxygen atoms in total. The van der Waals surface area contributed by atoms with Gasteiger partial charge in [-0.25, -0.2) is 4.98 Å². The minimum atomic E-state index is 0.843. The zero-order valence-corrected chi connectivity index (χ0v) is 10.5. The lowest BCUT2D eigenvalue weighted by Crippen LogP contribution is -2.26. The van der Waals surface area contributed by atoms with Crippen LogP contribution in [0.1, 0.15) is 18.9 Å². The maximum absolute atomic E-state index is 4.42. The Morgan fingerprint density at radius 2 is 2.33 bits per heavy atom. The van der Waals surface area contributed by atoms with Crippen LogP contribution in [0, 0.1) is 0 Å². The third-order valence-corrected chi connectivity index (χ3v) is 3.12. The molecular formula is C13H17N5. The molecule has 0 atom stereocenters. The maximum Gasteiger partial charge on any atom is 0.195 e. The van der Waals surface area contributed by atoms with Gasteiger partial charge in [-0.3, -0.25) is 4.99 Å². The lowest BCUT2D eigenvalue weighted by molar-refractivity contribution is 0.928. The van der Waals surface area contributed by atoms with Gasteiger partial charge in [-0.1, -0.05) is 13.3 Å². The summed E-state index contributed by atoms with van der Waals surface area (Å²) >= 11 is 0. The van der Waals surface area contributed by atoms with E-state index in [1.54, 1.807) is 6.33 Å². The highest BCUT2D eigenvalue weighted by atomic mass is 15.2. The maximum atomic E-state index is 4.42. The normalized spacial score (nSPS) is 14.6. The Hall–Kier alpha value is -2.04. The summed E-state index contributed by atoms with van der Waals surface area (Å²) in [6.45, 7) is 3.94. The molecule has 0 fully saturated rings. The zero-order chi connectivity index (χ0) is 12.4. The van der Waals surface area contributed by atoms with E-state index in [4.69, 9.17) is 0 Å². The Bertz CT molecular complexity index is 584. The topological polar surface area (TPSA) is 65.1 Å². The number of anilines is 1. The average molecular weight is 243 g/mol. The Kier molecular flexibility index (Phi) is 2.88. The number of H-pyrrole nitrogens is 1. The Labute approximate surface area is 106 Å².